The highest BCUT2D eigenvalue weighted by atomic mass is 15.1. The van der Waals surface area contributed by atoms with Gasteiger partial charge < -0.3 is 4.98 Å². The Morgan fingerprint density at radius 2 is 1.55 bits per heavy atom. The fourth-order valence-electron chi connectivity index (χ4n) is 2.06. The molecule has 2 aromatic heterocycles. The number of nitrogens with zero attached hydrogens (tertiary/aromatic N) is 1. The molecule has 0 fully saturated rings. The van der Waals surface area contributed by atoms with Crippen molar-refractivity contribution in [1.82, 2.24) is 15.2 Å². The van der Waals surface area contributed by atoms with Gasteiger partial charge in [-0.3, -0.25) is 5.10 Å². The quantitative estimate of drug-likeness (QED) is 0.662. The van der Waals surface area contributed by atoms with Gasteiger partial charge in [-0.1, -0.05) is 39.5 Å². The van der Waals surface area contributed by atoms with Gasteiger partial charge in [0.25, 0.3) is 0 Å². The van der Waals surface area contributed by atoms with Crippen LogP contribution in [0.2, 0.25) is 0 Å². The predicted octanol–water partition coefficient (Wildman–Crippen LogP) is 4.89. The number of nitrogens with one attached hydrogen (secondary N) is 2. The molecule has 0 aliphatic rings. The maximum atomic E-state index is 4.34. The Balaban J connectivity index is 0.000000333. The van der Waals surface area contributed by atoms with Crippen LogP contribution in [0.4, 0.5) is 0 Å². The standard InChI is InChI=1S/C13H24N2.C4H5N/c1-3-5-7-9-12-11-13(15-14-12)10-8-6-4-2;1-2-4-5-3-1/h11H,3-10H2,1-2H3,(H,14,15);1-5H. The van der Waals surface area contributed by atoms with Crippen LogP contribution in [0.25, 0.3) is 0 Å². The first-order valence-electron chi connectivity index (χ1n) is 7.97. The second-order valence-electron chi connectivity index (χ2n) is 5.18. The minimum Gasteiger partial charge on any atom is -0.368 e. The van der Waals surface area contributed by atoms with Crippen LogP contribution in [-0.4, -0.2) is 15.2 Å². The van der Waals surface area contributed by atoms with Crippen LogP contribution in [0.1, 0.15) is 63.8 Å². The van der Waals surface area contributed by atoms with Gasteiger partial charge in [-0.15, -0.1) is 0 Å². The van der Waals surface area contributed by atoms with Gasteiger partial charge in [-0.2, -0.15) is 5.10 Å². The number of aromatic nitrogens is 3. The molecular formula is C17H29N3. The minimum absolute atomic E-state index is 1.14. The highest BCUT2D eigenvalue weighted by Gasteiger charge is 2.00. The third kappa shape index (κ3) is 7.82. The first kappa shape index (κ1) is 16.5. The molecule has 0 amide bonds. The van der Waals surface area contributed by atoms with E-state index in [1.807, 2.05) is 24.5 Å². The number of aromatic amines is 2. The van der Waals surface area contributed by atoms with Gasteiger partial charge in [0.05, 0.1) is 5.69 Å². The van der Waals surface area contributed by atoms with E-state index in [0.717, 1.165) is 12.8 Å². The zero-order valence-corrected chi connectivity index (χ0v) is 13.0. The van der Waals surface area contributed by atoms with Crippen LogP contribution in [0, 0.1) is 0 Å². The van der Waals surface area contributed by atoms with E-state index < -0.39 is 0 Å². The van der Waals surface area contributed by atoms with Crippen LogP contribution in [0.15, 0.2) is 30.6 Å². The monoisotopic (exact) mass is 275 g/mol. The molecule has 3 heteroatoms. The van der Waals surface area contributed by atoms with Crippen molar-refractivity contribution in [2.75, 3.05) is 0 Å². The summed E-state index contributed by atoms with van der Waals surface area (Å²) in [5.41, 5.74) is 2.56. The average molecular weight is 275 g/mol. The Morgan fingerprint density at radius 1 is 0.900 bits per heavy atom. The molecule has 0 bridgehead atoms. The smallest absolute Gasteiger partial charge is 0.0625 e. The van der Waals surface area contributed by atoms with Crippen LogP contribution in [-0.2, 0) is 12.8 Å². The molecule has 2 N–H and O–H groups in total. The van der Waals surface area contributed by atoms with E-state index in [0.29, 0.717) is 0 Å². The summed E-state index contributed by atoms with van der Waals surface area (Å²) in [5, 5.41) is 7.48. The lowest BCUT2D eigenvalue weighted by Crippen LogP contribution is -1.84. The first-order valence-corrected chi connectivity index (χ1v) is 7.97. The molecule has 0 unspecified atom stereocenters. The molecule has 0 aliphatic carbocycles. The van der Waals surface area contributed by atoms with E-state index in [4.69, 9.17) is 0 Å². The number of aryl methyl sites for hydroxylation is 2. The molecule has 0 saturated carbocycles. The zero-order chi connectivity index (χ0) is 14.5. The molecule has 0 atom stereocenters. The fraction of sp³-hybridized carbons (Fsp3) is 0.588. The Hall–Kier alpha value is -1.51. The molecule has 2 rings (SSSR count). The summed E-state index contributed by atoms with van der Waals surface area (Å²) in [7, 11) is 0. The van der Waals surface area contributed by atoms with Crippen LogP contribution in [0.5, 0.6) is 0 Å². The Morgan fingerprint density at radius 3 is 2.10 bits per heavy atom. The third-order valence-electron chi connectivity index (χ3n) is 3.27. The summed E-state index contributed by atoms with van der Waals surface area (Å²) >= 11 is 0. The number of rotatable bonds is 8. The van der Waals surface area contributed by atoms with Gasteiger partial charge in [0.2, 0.25) is 0 Å². The summed E-state index contributed by atoms with van der Waals surface area (Å²) in [6.07, 6.45) is 13.8. The molecule has 2 aromatic rings. The molecule has 20 heavy (non-hydrogen) atoms. The second kappa shape index (κ2) is 11.3. The summed E-state index contributed by atoms with van der Waals surface area (Å²) in [6.45, 7) is 4.48. The summed E-state index contributed by atoms with van der Waals surface area (Å²) in [4.78, 5) is 2.86. The molecule has 0 radical (unpaired) electrons. The highest BCUT2D eigenvalue weighted by Crippen LogP contribution is 2.08. The second-order valence-corrected chi connectivity index (χ2v) is 5.18. The predicted molar refractivity (Wildman–Crippen MR) is 85.8 cm³/mol. The van der Waals surface area contributed by atoms with Crippen LogP contribution >= 0.6 is 0 Å². The molecule has 0 aromatic carbocycles. The van der Waals surface area contributed by atoms with Crippen molar-refractivity contribution in [2.24, 2.45) is 0 Å². The van der Waals surface area contributed by atoms with Crippen molar-refractivity contribution in [1.29, 1.82) is 0 Å². The van der Waals surface area contributed by atoms with Gasteiger partial charge in [-0.05, 0) is 43.9 Å². The van der Waals surface area contributed by atoms with Gasteiger partial charge in [0.1, 0.15) is 0 Å². The number of unbranched alkanes of at least 4 members (excludes halogenated alkanes) is 4. The highest BCUT2D eigenvalue weighted by molar-refractivity contribution is 5.08. The van der Waals surface area contributed by atoms with E-state index in [9.17, 15) is 0 Å². The van der Waals surface area contributed by atoms with E-state index in [2.05, 4.69) is 35.1 Å². The Kier molecular flexibility index (Phi) is 9.37. The summed E-state index contributed by atoms with van der Waals surface area (Å²) in [5.74, 6) is 0. The number of hydrogen-bond acceptors (Lipinski definition) is 1. The van der Waals surface area contributed by atoms with E-state index in [1.54, 1.807) is 0 Å². The van der Waals surface area contributed by atoms with Gasteiger partial charge in [-0.25, -0.2) is 0 Å². The molecule has 3 nitrogen and oxygen atoms in total. The van der Waals surface area contributed by atoms with Crippen LogP contribution in [0.3, 0.4) is 0 Å². The SMILES string of the molecule is CCCCCc1cc(CCCCC)[nH]n1.c1cc[nH]c1. The maximum Gasteiger partial charge on any atom is 0.0625 e. The molecular weight excluding hydrogens is 246 g/mol. The van der Waals surface area contributed by atoms with Gasteiger partial charge in [0.15, 0.2) is 0 Å². The lowest BCUT2D eigenvalue weighted by atomic mass is 10.1. The fourth-order valence-corrected chi connectivity index (χ4v) is 2.06. The Labute approximate surface area is 123 Å². The first-order chi connectivity index (χ1) is 9.86. The maximum absolute atomic E-state index is 4.34. The molecule has 0 saturated heterocycles. The van der Waals surface area contributed by atoms with E-state index in [-0.39, 0.29) is 0 Å². The van der Waals surface area contributed by atoms with Crippen molar-refractivity contribution in [3.63, 3.8) is 0 Å². The summed E-state index contributed by atoms with van der Waals surface area (Å²) < 4.78 is 0. The van der Waals surface area contributed by atoms with Crippen molar-refractivity contribution < 1.29 is 0 Å². The lowest BCUT2D eigenvalue weighted by molar-refractivity contribution is 0.701. The summed E-state index contributed by atoms with van der Waals surface area (Å²) in [6, 6.07) is 6.13. The average Bonchev–Trinajstić information content (AvgIpc) is 3.13. The minimum atomic E-state index is 1.14. The van der Waals surface area contributed by atoms with Crippen molar-refractivity contribution >= 4 is 0 Å². The topological polar surface area (TPSA) is 44.5 Å². The van der Waals surface area contributed by atoms with E-state index >= 15 is 0 Å². The number of H-pyrrole nitrogens is 2. The van der Waals surface area contributed by atoms with Gasteiger partial charge in [0, 0.05) is 18.1 Å². The van der Waals surface area contributed by atoms with Crippen LogP contribution < -0.4 is 0 Å². The largest absolute Gasteiger partial charge is 0.368 e. The lowest BCUT2D eigenvalue weighted by Gasteiger charge is -1.94. The molecule has 0 spiro atoms. The molecule has 0 aliphatic heterocycles. The third-order valence-corrected chi connectivity index (χ3v) is 3.27. The number of hydrogen-bond donors (Lipinski definition) is 2. The van der Waals surface area contributed by atoms with E-state index in [1.165, 1.54) is 49.9 Å². The normalized spacial score (nSPS) is 10.1. The van der Waals surface area contributed by atoms with Crippen molar-refractivity contribution in [3.8, 4) is 0 Å². The van der Waals surface area contributed by atoms with Crippen molar-refractivity contribution in [3.05, 3.63) is 42.0 Å². The molecule has 112 valence electrons. The van der Waals surface area contributed by atoms with Gasteiger partial charge >= 0.3 is 0 Å². The molecule has 2 heterocycles. The van der Waals surface area contributed by atoms with Crippen molar-refractivity contribution in [2.45, 2.75) is 65.2 Å². The zero-order valence-electron chi connectivity index (χ0n) is 13.0. The Bertz CT molecular complexity index is 362.